The van der Waals surface area contributed by atoms with Gasteiger partial charge < -0.3 is 64.5 Å². The molecule has 0 spiro atoms. The van der Waals surface area contributed by atoms with Gasteiger partial charge in [-0.05, 0) is 93.2 Å². The summed E-state index contributed by atoms with van der Waals surface area (Å²) in [6, 6.07) is 29.9. The third kappa shape index (κ3) is 18.5. The molecule has 24 nitrogen and oxygen atoms in total. The first-order chi connectivity index (χ1) is 39.7. The van der Waals surface area contributed by atoms with Gasteiger partial charge in [-0.15, -0.1) is 0 Å². The summed E-state index contributed by atoms with van der Waals surface area (Å²) in [6.07, 6.45) is -0.534. The van der Waals surface area contributed by atoms with Gasteiger partial charge in [0.25, 0.3) is 15.7 Å². The fourth-order valence-corrected chi connectivity index (χ4v) is 11.5. The summed E-state index contributed by atoms with van der Waals surface area (Å²) in [7, 11) is -4.23. The number of nitrogens with two attached hydrogens (primary N) is 1. The van der Waals surface area contributed by atoms with E-state index in [9.17, 15) is 38.3 Å². The topological polar surface area (TPSA) is 310 Å². The second kappa shape index (κ2) is 31.1. The van der Waals surface area contributed by atoms with Crippen LogP contribution < -0.4 is 21.8 Å². The lowest BCUT2D eigenvalue weighted by Crippen LogP contribution is -2.52. The molecule has 448 valence electrons. The minimum Gasteiger partial charge on any atom is -0.443 e. The number of benzene rings is 4. The molecule has 2 unspecified atom stereocenters. The molecule has 7 N–H and O–H groups in total. The Bertz CT molecular complexity index is 2730. The first-order valence-electron chi connectivity index (χ1n) is 27.8. The number of ether oxygens (including phenoxy) is 8. The smallest absolute Gasteiger partial charge is 0.407 e. The van der Waals surface area contributed by atoms with Crippen molar-refractivity contribution >= 4 is 33.6 Å². The van der Waals surface area contributed by atoms with Gasteiger partial charge in [-0.25, -0.2) is 18.0 Å². The maximum atomic E-state index is 13.7. The highest BCUT2D eigenvalue weighted by Crippen LogP contribution is 2.34. The van der Waals surface area contributed by atoms with Crippen LogP contribution in [0.4, 0.5) is 21.0 Å². The van der Waals surface area contributed by atoms with Crippen LogP contribution in [0.2, 0.25) is 0 Å². The Hall–Kier alpha value is -5.91. The zero-order chi connectivity index (χ0) is 57.8. The summed E-state index contributed by atoms with van der Waals surface area (Å²) < 4.78 is 72.3. The molecule has 4 aromatic carbocycles. The zero-order valence-electron chi connectivity index (χ0n) is 45.9. The maximum absolute atomic E-state index is 13.7. The second-order valence-corrected chi connectivity index (χ2v) is 22.6. The van der Waals surface area contributed by atoms with Crippen LogP contribution in [0.1, 0.15) is 55.2 Å². The summed E-state index contributed by atoms with van der Waals surface area (Å²) in [5, 5.41) is 38.0. The predicted octanol–water partition coefficient (Wildman–Crippen LogP) is 4.88. The predicted molar refractivity (Wildman–Crippen MR) is 295 cm³/mol. The highest BCUT2D eigenvalue weighted by Gasteiger charge is 2.45. The van der Waals surface area contributed by atoms with Crippen molar-refractivity contribution in [2.45, 2.75) is 124 Å². The molecule has 0 aliphatic carbocycles. The number of aryl methyl sites for hydroxylation is 1. The van der Waals surface area contributed by atoms with Crippen LogP contribution in [0.3, 0.4) is 0 Å². The molecule has 6 heterocycles. The van der Waals surface area contributed by atoms with E-state index in [0.29, 0.717) is 65.5 Å². The fraction of sp³-hybridized carbons (Fsp3) is 0.544. The van der Waals surface area contributed by atoms with Gasteiger partial charge in [0.05, 0.1) is 91.1 Å². The van der Waals surface area contributed by atoms with E-state index in [2.05, 4.69) is 16.1 Å². The summed E-state index contributed by atoms with van der Waals surface area (Å²) in [4.78, 5) is 46.9. The number of nitrogens with one attached hydrogen (secondary N) is 3. The molecule has 0 aromatic heterocycles. The molecule has 6 saturated heterocycles. The standard InChI is InChI=1S/C28H37N3O9S.C22H32N2O7.C7H7NO2/c29-20-7-4-8-22(16-20)41(34,35)31(40-21-9-12-36-13-10-21)17-25(32)24(15-19-5-2-1-3-6-19)30-28(33)39-26-18-38-27-23(26)11-14-37-27;25-19(13-23-31-16-6-9-27-10-7-16)18(12-15-4-2-1-3-5-15)24-22(26)30-20-14-29-21-17(20)8-11-28-21;1-6-3-2-4-7(5-6)8(9)10/h1-8,16,21,23-27,32H,9-15,17-18,29H2,(H,30,33);1-5,16-21,23,25H,6-14H2,(H,24,26);2-5H,1H3/t23-,24-,25+,26?,27+;17-,18-,19+,20?,21+;/m00./s1. The summed E-state index contributed by atoms with van der Waals surface area (Å²) in [5.74, 6) is 0.0165. The molecule has 6 aliphatic heterocycles. The number of alkyl carbamates (subject to hydrolysis) is 2. The quantitative estimate of drug-likeness (QED) is 0.0368. The number of hydroxylamine groups is 2. The normalized spacial score (nSPS) is 24.0. The highest BCUT2D eigenvalue weighted by molar-refractivity contribution is 7.89. The van der Waals surface area contributed by atoms with Gasteiger partial charge in [-0.1, -0.05) is 83.3 Å². The number of nitro benzene ring substituents is 1. The molecule has 6 aliphatic rings. The molecule has 2 amide bonds. The number of anilines is 1. The van der Waals surface area contributed by atoms with Gasteiger partial charge in [0, 0.05) is 50.8 Å². The van der Waals surface area contributed by atoms with E-state index in [0.717, 1.165) is 46.8 Å². The third-order valence-electron chi connectivity index (χ3n) is 14.7. The van der Waals surface area contributed by atoms with E-state index >= 15 is 0 Å². The number of carbonyl (C=O) groups is 2. The number of hydrogen-bond acceptors (Lipinski definition) is 20. The van der Waals surface area contributed by atoms with Crippen LogP contribution >= 0.6 is 0 Å². The Morgan fingerprint density at radius 2 is 1.21 bits per heavy atom. The minimum absolute atomic E-state index is 0.0509. The Labute approximate surface area is 477 Å². The van der Waals surface area contributed by atoms with Crippen molar-refractivity contribution in [3.63, 3.8) is 0 Å². The van der Waals surface area contributed by atoms with Crippen LogP contribution in [0.15, 0.2) is 114 Å². The SMILES string of the molecule is Cc1cccc([N+](=O)[O-])c1.Nc1cccc(S(=O)(=O)N(C[C@@H](O)[C@H](Cc2ccccc2)NC(=O)OC2CO[C@H]3OCC[C@@H]23)OC2CCOCC2)c1.O=C(N[C@@H](Cc1ccccc1)[C@H](O)CNOC1CCOCC1)OC1CO[C@H]2OCC[C@@H]12. The van der Waals surface area contributed by atoms with Crippen LogP contribution in [-0.4, -0.2) is 167 Å². The number of nitro groups is 1. The van der Waals surface area contributed by atoms with Crippen molar-refractivity contribution in [1.82, 2.24) is 20.6 Å². The lowest BCUT2D eigenvalue weighted by Gasteiger charge is -2.32. The lowest BCUT2D eigenvalue weighted by molar-refractivity contribution is -0.384. The van der Waals surface area contributed by atoms with Crippen LogP contribution in [0.25, 0.3) is 0 Å². The molecule has 10 rings (SSSR count). The molecule has 82 heavy (non-hydrogen) atoms. The average Bonchev–Trinajstić information content (AvgIpc) is 4.44. The first-order valence-corrected chi connectivity index (χ1v) is 29.3. The van der Waals surface area contributed by atoms with E-state index in [4.69, 9.17) is 53.3 Å². The third-order valence-corrected chi connectivity index (χ3v) is 16.4. The number of rotatable bonds is 21. The molecule has 0 bridgehead atoms. The second-order valence-electron chi connectivity index (χ2n) is 20.8. The van der Waals surface area contributed by atoms with Gasteiger partial charge in [-0.2, -0.15) is 5.48 Å². The van der Waals surface area contributed by atoms with Crippen molar-refractivity contribution in [2.75, 3.05) is 71.7 Å². The summed E-state index contributed by atoms with van der Waals surface area (Å²) >= 11 is 0. The number of nitrogens with zero attached hydrogens (tertiary/aromatic N) is 2. The highest BCUT2D eigenvalue weighted by atomic mass is 32.2. The fourth-order valence-electron chi connectivity index (χ4n) is 10.2. The minimum atomic E-state index is -4.23. The Morgan fingerprint density at radius 3 is 1.72 bits per heavy atom. The van der Waals surface area contributed by atoms with Crippen molar-refractivity contribution < 1.29 is 80.7 Å². The van der Waals surface area contributed by atoms with Crippen LogP contribution in [0, 0.1) is 28.9 Å². The largest absolute Gasteiger partial charge is 0.443 e. The van der Waals surface area contributed by atoms with E-state index < -0.39 is 70.2 Å². The number of nitrogen functional groups attached to an aromatic ring is 1. The van der Waals surface area contributed by atoms with Crippen molar-refractivity contribution in [1.29, 1.82) is 0 Å². The number of fused-ring (bicyclic) bond motifs is 2. The summed E-state index contributed by atoms with van der Waals surface area (Å²) in [6.45, 7) is 5.48. The monoisotopic (exact) mass is 1160 g/mol. The van der Waals surface area contributed by atoms with E-state index in [1.807, 2.05) is 73.7 Å². The van der Waals surface area contributed by atoms with Gasteiger partial charge >= 0.3 is 12.2 Å². The van der Waals surface area contributed by atoms with Crippen LogP contribution in [0.5, 0.6) is 0 Å². The van der Waals surface area contributed by atoms with E-state index in [1.54, 1.807) is 18.2 Å². The summed E-state index contributed by atoms with van der Waals surface area (Å²) in [5.41, 5.74) is 11.9. The lowest BCUT2D eigenvalue weighted by atomic mass is 10.0. The Morgan fingerprint density at radius 1 is 0.683 bits per heavy atom. The van der Waals surface area contributed by atoms with Crippen molar-refractivity contribution in [3.05, 3.63) is 136 Å². The molecule has 25 heteroatoms. The number of amides is 2. The molecule has 6 fully saturated rings. The molecule has 4 aromatic rings. The van der Waals surface area contributed by atoms with Crippen molar-refractivity contribution in [2.24, 2.45) is 11.8 Å². The number of aliphatic hydroxyl groups is 2. The molecule has 10 atom stereocenters. The van der Waals surface area contributed by atoms with E-state index in [-0.39, 0.29) is 72.5 Å². The maximum Gasteiger partial charge on any atom is 0.407 e. The zero-order valence-corrected chi connectivity index (χ0v) is 46.7. The number of hydrogen-bond donors (Lipinski definition) is 6. The number of non-ortho nitro benzene ring substituents is 1. The Balaban J connectivity index is 0.000000188. The molecule has 0 saturated carbocycles. The van der Waals surface area contributed by atoms with Crippen LogP contribution in [-0.2, 0) is 70.4 Å². The number of carbonyl (C=O) groups excluding carboxylic acids is 2. The van der Waals surface area contributed by atoms with Gasteiger partial charge in [0.1, 0.15) is 12.2 Å². The molecular weight excluding hydrogens is 1090 g/mol. The average molecular weight is 1170 g/mol. The van der Waals surface area contributed by atoms with Gasteiger partial charge in [-0.3, -0.25) is 19.8 Å². The molecule has 0 radical (unpaired) electrons. The van der Waals surface area contributed by atoms with Crippen molar-refractivity contribution in [3.8, 4) is 0 Å². The Kier molecular flexibility index (Phi) is 23.6. The van der Waals surface area contributed by atoms with Gasteiger partial charge in [0.2, 0.25) is 0 Å². The van der Waals surface area contributed by atoms with E-state index in [1.165, 1.54) is 24.3 Å². The number of aliphatic hydroxyl groups excluding tert-OH is 2. The molecular formula is C57H76N6O18S. The van der Waals surface area contributed by atoms with Gasteiger partial charge in [0.15, 0.2) is 12.6 Å². The first kappa shape index (κ1) is 62.1. The number of sulfonamides is 1.